The summed E-state index contributed by atoms with van der Waals surface area (Å²) < 4.78 is 21.0. The molecule has 2 N–H and O–H groups in total. The quantitative estimate of drug-likeness (QED) is 0.564. The minimum Gasteiger partial charge on any atom is -0.496 e. The third kappa shape index (κ3) is 4.23. The van der Waals surface area contributed by atoms with Crippen LogP contribution in [0.5, 0.6) is 5.75 Å². The molecule has 0 aliphatic rings. The van der Waals surface area contributed by atoms with Gasteiger partial charge in [0, 0.05) is 18.3 Å². The second-order valence-electron chi connectivity index (χ2n) is 5.58. The van der Waals surface area contributed by atoms with E-state index in [2.05, 4.69) is 31.7 Å². The highest BCUT2D eigenvalue weighted by molar-refractivity contribution is 9.10. The van der Waals surface area contributed by atoms with Crippen LogP contribution < -0.4 is 15.4 Å². The summed E-state index contributed by atoms with van der Waals surface area (Å²) in [6, 6.07) is 8.45. The fourth-order valence-corrected chi connectivity index (χ4v) is 3.34. The van der Waals surface area contributed by atoms with Crippen molar-refractivity contribution in [3.05, 3.63) is 57.9 Å². The smallest absolute Gasteiger partial charge is 0.323 e. The molecule has 1 heterocycles. The first-order valence-electron chi connectivity index (χ1n) is 7.78. The molecular weight excluding hydrogens is 439 g/mol. The zero-order valence-corrected chi connectivity index (χ0v) is 16.7. The molecule has 2 amide bonds. The van der Waals surface area contributed by atoms with E-state index in [0.29, 0.717) is 17.1 Å². The highest BCUT2D eigenvalue weighted by atomic mass is 79.9. The molecule has 0 aliphatic heterocycles. The molecule has 2 aromatic carbocycles. The molecule has 140 valence electrons. The normalized spacial score (nSPS) is 10.6. The van der Waals surface area contributed by atoms with E-state index in [1.807, 2.05) is 7.05 Å². The largest absolute Gasteiger partial charge is 0.496 e. The number of halogens is 3. The number of carbonyl (C=O) groups excluding carboxylic acids is 1. The van der Waals surface area contributed by atoms with Crippen LogP contribution in [0.1, 0.15) is 0 Å². The Balaban J connectivity index is 1.85. The lowest BCUT2D eigenvalue weighted by Gasteiger charge is -2.13. The first kappa shape index (κ1) is 19.2. The van der Waals surface area contributed by atoms with Gasteiger partial charge in [-0.1, -0.05) is 11.6 Å². The van der Waals surface area contributed by atoms with Crippen molar-refractivity contribution >= 4 is 44.9 Å². The van der Waals surface area contributed by atoms with Crippen LogP contribution in [0.15, 0.2) is 47.1 Å². The van der Waals surface area contributed by atoms with Crippen molar-refractivity contribution in [2.24, 2.45) is 7.05 Å². The number of aryl methyl sites for hydroxylation is 1. The molecule has 27 heavy (non-hydrogen) atoms. The molecule has 1 aromatic heterocycles. The Morgan fingerprint density at radius 1 is 1.26 bits per heavy atom. The fourth-order valence-electron chi connectivity index (χ4n) is 2.56. The summed E-state index contributed by atoms with van der Waals surface area (Å²) in [5, 5.41) is 9.62. The summed E-state index contributed by atoms with van der Waals surface area (Å²) in [7, 11) is 3.38. The second-order valence-corrected chi connectivity index (χ2v) is 6.84. The van der Waals surface area contributed by atoms with Gasteiger partial charge in [0.25, 0.3) is 0 Å². The van der Waals surface area contributed by atoms with E-state index in [1.54, 1.807) is 36.2 Å². The first-order chi connectivity index (χ1) is 12.9. The van der Waals surface area contributed by atoms with E-state index in [0.717, 1.165) is 21.8 Å². The number of urea groups is 1. The van der Waals surface area contributed by atoms with Crippen molar-refractivity contribution in [2.75, 3.05) is 17.7 Å². The lowest BCUT2D eigenvalue weighted by atomic mass is 10.1. The van der Waals surface area contributed by atoms with Crippen LogP contribution in [0.25, 0.3) is 11.3 Å². The van der Waals surface area contributed by atoms with Crippen molar-refractivity contribution in [3.8, 4) is 17.0 Å². The van der Waals surface area contributed by atoms with Crippen molar-refractivity contribution < 1.29 is 13.9 Å². The van der Waals surface area contributed by atoms with Gasteiger partial charge in [-0.2, -0.15) is 5.10 Å². The van der Waals surface area contributed by atoms with Gasteiger partial charge < -0.3 is 15.4 Å². The van der Waals surface area contributed by atoms with Crippen molar-refractivity contribution in [1.29, 1.82) is 0 Å². The van der Waals surface area contributed by atoms with Gasteiger partial charge in [0.05, 0.1) is 34.2 Å². The highest BCUT2D eigenvalue weighted by Crippen LogP contribution is 2.36. The van der Waals surface area contributed by atoms with E-state index in [9.17, 15) is 9.18 Å². The van der Waals surface area contributed by atoms with Gasteiger partial charge in [-0.05, 0) is 52.3 Å². The molecule has 0 radical (unpaired) electrons. The zero-order valence-electron chi connectivity index (χ0n) is 14.4. The second kappa shape index (κ2) is 7.98. The zero-order chi connectivity index (χ0) is 19.6. The van der Waals surface area contributed by atoms with E-state index >= 15 is 0 Å². The van der Waals surface area contributed by atoms with E-state index in [1.165, 1.54) is 12.1 Å². The number of rotatable bonds is 4. The Morgan fingerprint density at radius 3 is 2.67 bits per heavy atom. The Labute approximate surface area is 168 Å². The van der Waals surface area contributed by atoms with Crippen molar-refractivity contribution in [2.45, 2.75) is 0 Å². The summed E-state index contributed by atoms with van der Waals surface area (Å²) >= 11 is 9.40. The van der Waals surface area contributed by atoms with Gasteiger partial charge in [-0.25, -0.2) is 9.18 Å². The number of anilines is 2. The lowest BCUT2D eigenvalue weighted by molar-refractivity contribution is 0.262. The molecule has 0 unspecified atom stereocenters. The standard InChI is InChI=1S/C18H15BrClFN4O2/c1-25-17(13(19)9-22-25)12-8-11(4-6-16(12)27-2)23-18(26)24-15-5-3-10(21)7-14(15)20/h3-9H,1-2H3,(H2,23,24,26). The van der Waals surface area contributed by atoms with Crippen LogP contribution in [-0.4, -0.2) is 22.9 Å². The Morgan fingerprint density at radius 2 is 2.04 bits per heavy atom. The van der Waals surface area contributed by atoms with Crippen LogP contribution in [0, 0.1) is 5.82 Å². The van der Waals surface area contributed by atoms with Gasteiger partial charge >= 0.3 is 6.03 Å². The number of benzene rings is 2. The number of aromatic nitrogens is 2. The topological polar surface area (TPSA) is 68.2 Å². The van der Waals surface area contributed by atoms with E-state index in [-0.39, 0.29) is 5.02 Å². The van der Waals surface area contributed by atoms with E-state index in [4.69, 9.17) is 16.3 Å². The SMILES string of the molecule is COc1ccc(NC(=O)Nc2ccc(F)cc2Cl)cc1-c1c(Br)cnn1C. The molecule has 0 atom stereocenters. The fraction of sp³-hybridized carbons (Fsp3) is 0.111. The van der Waals surface area contributed by atoms with Gasteiger partial charge in [0.15, 0.2) is 0 Å². The number of nitrogens with one attached hydrogen (secondary N) is 2. The summed E-state index contributed by atoms with van der Waals surface area (Å²) in [5.41, 5.74) is 2.40. The molecule has 0 bridgehead atoms. The Bertz CT molecular complexity index is 990. The first-order valence-corrected chi connectivity index (χ1v) is 8.95. The number of methoxy groups -OCH3 is 1. The molecule has 3 rings (SSSR count). The average Bonchev–Trinajstić information content (AvgIpc) is 2.96. The summed E-state index contributed by atoms with van der Waals surface area (Å²) in [6.07, 6.45) is 1.68. The average molecular weight is 454 g/mol. The molecule has 3 aromatic rings. The lowest BCUT2D eigenvalue weighted by Crippen LogP contribution is -2.19. The maximum absolute atomic E-state index is 13.1. The van der Waals surface area contributed by atoms with Gasteiger partial charge in [-0.3, -0.25) is 4.68 Å². The van der Waals surface area contributed by atoms with Crippen LogP contribution in [0.2, 0.25) is 5.02 Å². The van der Waals surface area contributed by atoms with Crippen LogP contribution in [0.4, 0.5) is 20.6 Å². The maximum atomic E-state index is 13.1. The van der Waals surface area contributed by atoms with Gasteiger partial charge in [-0.15, -0.1) is 0 Å². The summed E-state index contributed by atoms with van der Waals surface area (Å²) in [4.78, 5) is 12.3. The van der Waals surface area contributed by atoms with Crippen molar-refractivity contribution in [1.82, 2.24) is 9.78 Å². The predicted molar refractivity (Wildman–Crippen MR) is 107 cm³/mol. The molecule has 0 saturated carbocycles. The summed E-state index contributed by atoms with van der Waals surface area (Å²) in [5.74, 6) is 0.152. The Hall–Kier alpha value is -2.58. The van der Waals surface area contributed by atoms with Gasteiger partial charge in [0.1, 0.15) is 11.6 Å². The van der Waals surface area contributed by atoms with Crippen LogP contribution in [-0.2, 0) is 7.05 Å². The number of nitrogens with zero attached hydrogens (tertiary/aromatic N) is 2. The van der Waals surface area contributed by atoms with Crippen LogP contribution >= 0.6 is 27.5 Å². The predicted octanol–water partition coefficient (Wildman–Crippen LogP) is 5.29. The number of hydrogen-bond acceptors (Lipinski definition) is 3. The van der Waals surface area contributed by atoms with Gasteiger partial charge in [0.2, 0.25) is 0 Å². The van der Waals surface area contributed by atoms with E-state index < -0.39 is 11.8 Å². The third-order valence-corrected chi connectivity index (χ3v) is 4.68. The molecule has 9 heteroatoms. The number of carbonyl (C=O) groups is 1. The minimum atomic E-state index is -0.510. The molecule has 0 spiro atoms. The number of ether oxygens (including phenoxy) is 1. The molecule has 0 fully saturated rings. The Kier molecular flexibility index (Phi) is 5.67. The summed E-state index contributed by atoms with van der Waals surface area (Å²) in [6.45, 7) is 0. The molecule has 0 aliphatic carbocycles. The monoisotopic (exact) mass is 452 g/mol. The number of amides is 2. The molecule has 0 saturated heterocycles. The highest BCUT2D eigenvalue weighted by Gasteiger charge is 2.16. The minimum absolute atomic E-state index is 0.111. The maximum Gasteiger partial charge on any atom is 0.323 e. The molecular formula is C18H15BrClFN4O2. The van der Waals surface area contributed by atoms with Crippen LogP contribution in [0.3, 0.4) is 0 Å². The third-order valence-electron chi connectivity index (χ3n) is 3.79. The number of hydrogen-bond donors (Lipinski definition) is 2. The van der Waals surface area contributed by atoms with Crippen molar-refractivity contribution in [3.63, 3.8) is 0 Å². The molecule has 6 nitrogen and oxygen atoms in total.